The van der Waals surface area contributed by atoms with E-state index in [1.165, 1.54) is 0 Å². The number of ether oxygens (including phenoxy) is 1. The summed E-state index contributed by atoms with van der Waals surface area (Å²) >= 11 is 6.04. The van der Waals surface area contributed by atoms with Gasteiger partial charge in [-0.15, -0.1) is 0 Å². The Kier molecular flexibility index (Phi) is 3.48. The first-order chi connectivity index (χ1) is 9.16. The van der Waals surface area contributed by atoms with Crippen LogP contribution in [-0.2, 0) is 9.53 Å². The smallest absolute Gasteiger partial charge is 0.238 e. The summed E-state index contributed by atoms with van der Waals surface area (Å²) in [6.07, 6.45) is 0.886. The predicted octanol–water partition coefficient (Wildman–Crippen LogP) is 1.95. The molecule has 0 aromatic heterocycles. The average molecular weight is 281 g/mol. The maximum Gasteiger partial charge on any atom is 0.238 e. The number of carbonyl (C=O) groups is 1. The van der Waals surface area contributed by atoms with E-state index in [0.717, 1.165) is 18.6 Å². The summed E-state index contributed by atoms with van der Waals surface area (Å²) in [5, 5.41) is 3.95. The molecule has 0 spiro atoms. The van der Waals surface area contributed by atoms with Gasteiger partial charge in [-0.1, -0.05) is 23.7 Å². The van der Waals surface area contributed by atoms with Gasteiger partial charge in [0.2, 0.25) is 5.91 Å². The van der Waals surface area contributed by atoms with Gasteiger partial charge in [0.15, 0.2) is 0 Å². The van der Waals surface area contributed by atoms with Gasteiger partial charge < -0.3 is 9.64 Å². The molecule has 3 rings (SSSR count). The standard InChI is InChI=1S/C14H17ClN2O2/c1-9-12(5-6-19-9)17-13(18)8-16-14(17)10-3-2-4-11(15)7-10/h2-4,7,9,12,14,16H,5-6,8H2,1H3. The minimum atomic E-state index is -0.0969. The largest absolute Gasteiger partial charge is 0.376 e. The Bertz CT molecular complexity index is 494. The summed E-state index contributed by atoms with van der Waals surface area (Å²) in [6.45, 7) is 3.12. The average Bonchev–Trinajstić information content (AvgIpc) is 2.95. The number of hydrogen-bond acceptors (Lipinski definition) is 3. The van der Waals surface area contributed by atoms with Crippen molar-refractivity contribution in [3.63, 3.8) is 0 Å². The van der Waals surface area contributed by atoms with Gasteiger partial charge in [-0.3, -0.25) is 10.1 Å². The van der Waals surface area contributed by atoms with Crippen molar-refractivity contribution < 1.29 is 9.53 Å². The van der Waals surface area contributed by atoms with Crippen molar-refractivity contribution in [1.29, 1.82) is 0 Å². The monoisotopic (exact) mass is 280 g/mol. The van der Waals surface area contributed by atoms with E-state index in [1.54, 1.807) is 0 Å². The first-order valence-corrected chi connectivity index (χ1v) is 6.96. The highest BCUT2D eigenvalue weighted by Crippen LogP contribution is 2.31. The molecule has 4 nitrogen and oxygen atoms in total. The van der Waals surface area contributed by atoms with Crippen LogP contribution >= 0.6 is 11.6 Å². The van der Waals surface area contributed by atoms with Crippen molar-refractivity contribution in [2.45, 2.75) is 31.7 Å². The molecule has 2 saturated heterocycles. The van der Waals surface area contributed by atoms with Crippen LogP contribution in [-0.4, -0.2) is 36.1 Å². The quantitative estimate of drug-likeness (QED) is 0.900. The molecule has 1 aromatic rings. The third-order valence-corrected chi connectivity index (χ3v) is 4.11. The zero-order valence-electron chi connectivity index (χ0n) is 10.8. The molecule has 2 heterocycles. The van der Waals surface area contributed by atoms with E-state index < -0.39 is 0 Å². The Morgan fingerprint density at radius 3 is 3.00 bits per heavy atom. The first kappa shape index (κ1) is 12.9. The maximum absolute atomic E-state index is 12.2. The second-order valence-electron chi connectivity index (χ2n) is 5.07. The molecule has 1 amide bonds. The lowest BCUT2D eigenvalue weighted by molar-refractivity contribution is -0.131. The number of carbonyl (C=O) groups excluding carboxylic acids is 1. The van der Waals surface area contributed by atoms with Gasteiger partial charge in [0, 0.05) is 11.6 Å². The van der Waals surface area contributed by atoms with E-state index in [0.29, 0.717) is 11.6 Å². The van der Waals surface area contributed by atoms with E-state index >= 15 is 0 Å². The summed E-state index contributed by atoms with van der Waals surface area (Å²) in [5.74, 6) is 0.132. The summed E-state index contributed by atoms with van der Waals surface area (Å²) < 4.78 is 5.59. The minimum absolute atomic E-state index is 0.0885. The van der Waals surface area contributed by atoms with E-state index in [2.05, 4.69) is 5.32 Å². The summed E-state index contributed by atoms with van der Waals surface area (Å²) in [6, 6.07) is 7.80. The highest BCUT2D eigenvalue weighted by Gasteiger charge is 2.41. The van der Waals surface area contributed by atoms with Crippen LogP contribution in [0.25, 0.3) is 0 Å². The third-order valence-electron chi connectivity index (χ3n) is 3.87. The molecule has 0 aliphatic carbocycles. The molecule has 0 bridgehead atoms. The molecule has 1 N–H and O–H groups in total. The summed E-state index contributed by atoms with van der Waals surface area (Å²) in [7, 11) is 0. The molecule has 1 aromatic carbocycles. The number of nitrogens with zero attached hydrogens (tertiary/aromatic N) is 1. The number of rotatable bonds is 2. The molecule has 0 saturated carbocycles. The van der Waals surface area contributed by atoms with Gasteiger partial charge >= 0.3 is 0 Å². The zero-order valence-corrected chi connectivity index (χ0v) is 11.6. The van der Waals surface area contributed by atoms with E-state index in [-0.39, 0.29) is 24.2 Å². The van der Waals surface area contributed by atoms with Crippen LogP contribution < -0.4 is 5.32 Å². The third kappa shape index (κ3) is 2.36. The SMILES string of the molecule is CC1OCCC1N1C(=O)CNC1c1cccc(Cl)c1. The van der Waals surface area contributed by atoms with Crippen LogP contribution in [0.3, 0.4) is 0 Å². The molecule has 0 radical (unpaired) electrons. The Morgan fingerprint density at radius 1 is 1.47 bits per heavy atom. The highest BCUT2D eigenvalue weighted by atomic mass is 35.5. The molecular weight excluding hydrogens is 264 g/mol. The van der Waals surface area contributed by atoms with Crippen molar-refractivity contribution in [2.24, 2.45) is 0 Å². The maximum atomic E-state index is 12.2. The summed E-state index contributed by atoms with van der Waals surface area (Å²) in [4.78, 5) is 14.1. The van der Waals surface area contributed by atoms with Crippen LogP contribution in [0.5, 0.6) is 0 Å². The van der Waals surface area contributed by atoms with Crippen LogP contribution in [0.2, 0.25) is 5.02 Å². The number of hydrogen-bond donors (Lipinski definition) is 1. The molecule has 102 valence electrons. The Morgan fingerprint density at radius 2 is 2.32 bits per heavy atom. The lowest BCUT2D eigenvalue weighted by Crippen LogP contribution is -2.43. The Labute approximate surface area is 117 Å². The number of nitrogens with one attached hydrogen (secondary N) is 1. The van der Waals surface area contributed by atoms with Crippen LogP contribution in [0.1, 0.15) is 25.1 Å². The van der Waals surface area contributed by atoms with Crippen LogP contribution in [0, 0.1) is 0 Å². The van der Waals surface area contributed by atoms with Crippen molar-refractivity contribution in [3.05, 3.63) is 34.9 Å². The first-order valence-electron chi connectivity index (χ1n) is 6.58. The minimum Gasteiger partial charge on any atom is -0.376 e. The molecule has 5 heteroatoms. The van der Waals surface area contributed by atoms with Crippen LogP contribution in [0.4, 0.5) is 0 Å². The van der Waals surface area contributed by atoms with Crippen LogP contribution in [0.15, 0.2) is 24.3 Å². The zero-order chi connectivity index (χ0) is 13.4. The second kappa shape index (κ2) is 5.12. The van der Waals surface area contributed by atoms with Gasteiger partial charge in [-0.25, -0.2) is 0 Å². The fraction of sp³-hybridized carbons (Fsp3) is 0.500. The molecule has 2 aliphatic rings. The number of halogens is 1. The number of amides is 1. The van der Waals surface area contributed by atoms with E-state index in [4.69, 9.17) is 16.3 Å². The van der Waals surface area contributed by atoms with Gasteiger partial charge in [-0.05, 0) is 31.0 Å². The fourth-order valence-corrected chi connectivity index (χ4v) is 3.13. The fourth-order valence-electron chi connectivity index (χ4n) is 2.93. The molecule has 2 aliphatic heterocycles. The topological polar surface area (TPSA) is 41.6 Å². The van der Waals surface area contributed by atoms with Gasteiger partial charge in [0.25, 0.3) is 0 Å². The Balaban J connectivity index is 1.90. The van der Waals surface area contributed by atoms with E-state index in [9.17, 15) is 4.79 Å². The molecule has 2 fully saturated rings. The molecule has 3 atom stereocenters. The van der Waals surface area contributed by atoms with Crippen molar-refractivity contribution >= 4 is 17.5 Å². The van der Waals surface area contributed by atoms with Gasteiger partial charge in [0.05, 0.1) is 18.7 Å². The number of benzene rings is 1. The second-order valence-corrected chi connectivity index (χ2v) is 5.51. The molecule has 3 unspecified atom stereocenters. The van der Waals surface area contributed by atoms with Gasteiger partial charge in [0.1, 0.15) is 6.17 Å². The predicted molar refractivity (Wildman–Crippen MR) is 72.9 cm³/mol. The van der Waals surface area contributed by atoms with Crippen molar-refractivity contribution in [3.8, 4) is 0 Å². The van der Waals surface area contributed by atoms with E-state index in [1.807, 2.05) is 36.1 Å². The lowest BCUT2D eigenvalue weighted by atomic mass is 10.1. The lowest BCUT2D eigenvalue weighted by Gasteiger charge is -2.32. The van der Waals surface area contributed by atoms with Gasteiger partial charge in [-0.2, -0.15) is 0 Å². The molecular formula is C14H17ClN2O2. The van der Waals surface area contributed by atoms with Crippen molar-refractivity contribution in [1.82, 2.24) is 10.2 Å². The normalized spacial score (nSPS) is 31.2. The highest BCUT2D eigenvalue weighted by molar-refractivity contribution is 6.30. The molecule has 19 heavy (non-hydrogen) atoms. The summed E-state index contributed by atoms with van der Waals surface area (Å²) in [5.41, 5.74) is 1.03. The Hall–Kier alpha value is -1.10. The van der Waals surface area contributed by atoms with Crippen molar-refractivity contribution in [2.75, 3.05) is 13.2 Å².